The molecule has 1 fully saturated rings. The average Bonchev–Trinajstić information content (AvgIpc) is 2.99. The van der Waals surface area contributed by atoms with Crippen molar-refractivity contribution in [2.75, 3.05) is 17.4 Å². The number of hydrogen-bond donors (Lipinski definition) is 0. The molecular formula is C28H32N2O2S. The molecule has 2 heterocycles. The van der Waals surface area contributed by atoms with E-state index in [2.05, 4.69) is 41.3 Å². The van der Waals surface area contributed by atoms with Crippen LogP contribution in [0.3, 0.4) is 0 Å². The van der Waals surface area contributed by atoms with Crippen LogP contribution in [0.4, 0.5) is 5.69 Å². The molecule has 1 atom stereocenters. The second-order valence-electron chi connectivity index (χ2n) is 9.53. The molecule has 0 amide bonds. The van der Waals surface area contributed by atoms with Crippen LogP contribution in [0.15, 0.2) is 83.8 Å². The fourth-order valence-corrected chi connectivity index (χ4v) is 7.05. The molecule has 2 aliphatic heterocycles. The number of fused-ring (bicyclic) bond motifs is 1. The highest BCUT2D eigenvalue weighted by Crippen LogP contribution is 2.42. The zero-order chi connectivity index (χ0) is 22.9. The van der Waals surface area contributed by atoms with Crippen LogP contribution in [-0.2, 0) is 23.0 Å². The summed E-state index contributed by atoms with van der Waals surface area (Å²) in [6.45, 7) is 4.44. The van der Waals surface area contributed by atoms with Crippen molar-refractivity contribution in [1.29, 1.82) is 0 Å². The Labute approximate surface area is 197 Å². The first-order chi connectivity index (χ1) is 16.0. The van der Waals surface area contributed by atoms with E-state index in [9.17, 15) is 8.42 Å². The SMILES string of the molecule is Cc1ccc(S(=O)(=O)N2CCC3(CCCCN3Cc3ccccc3)Cc3ccccc32)cc1. The summed E-state index contributed by atoms with van der Waals surface area (Å²) in [6, 6.07) is 26.0. The molecule has 3 aromatic rings. The van der Waals surface area contributed by atoms with Crippen molar-refractivity contribution >= 4 is 15.7 Å². The quantitative estimate of drug-likeness (QED) is 0.512. The van der Waals surface area contributed by atoms with Gasteiger partial charge in [-0.3, -0.25) is 9.21 Å². The second-order valence-corrected chi connectivity index (χ2v) is 11.4. The summed E-state index contributed by atoms with van der Waals surface area (Å²) in [6.07, 6.45) is 5.21. The lowest BCUT2D eigenvalue weighted by Crippen LogP contribution is -2.53. The second kappa shape index (κ2) is 8.96. The summed E-state index contributed by atoms with van der Waals surface area (Å²) in [4.78, 5) is 2.99. The van der Waals surface area contributed by atoms with Crippen LogP contribution in [0.25, 0.3) is 0 Å². The van der Waals surface area contributed by atoms with E-state index in [0.717, 1.165) is 49.2 Å². The van der Waals surface area contributed by atoms with Crippen LogP contribution in [0.2, 0.25) is 0 Å². The molecule has 33 heavy (non-hydrogen) atoms. The number of likely N-dealkylation sites (tertiary alicyclic amines) is 1. The minimum Gasteiger partial charge on any atom is -0.293 e. The van der Waals surface area contributed by atoms with E-state index >= 15 is 0 Å². The molecule has 1 saturated heterocycles. The number of anilines is 1. The highest BCUT2D eigenvalue weighted by Gasteiger charge is 2.43. The van der Waals surface area contributed by atoms with E-state index in [1.54, 1.807) is 16.4 Å². The summed E-state index contributed by atoms with van der Waals surface area (Å²) in [5, 5.41) is 0. The maximum absolute atomic E-state index is 13.8. The molecule has 2 aliphatic rings. The summed E-state index contributed by atoms with van der Waals surface area (Å²) in [7, 11) is -3.63. The van der Waals surface area contributed by atoms with Crippen molar-refractivity contribution in [2.45, 2.75) is 56.0 Å². The smallest absolute Gasteiger partial charge is 0.264 e. The van der Waals surface area contributed by atoms with Gasteiger partial charge in [0.05, 0.1) is 10.6 Å². The van der Waals surface area contributed by atoms with Crippen LogP contribution < -0.4 is 4.31 Å². The predicted octanol–water partition coefficient (Wildman–Crippen LogP) is 5.56. The van der Waals surface area contributed by atoms with Gasteiger partial charge in [-0.2, -0.15) is 0 Å². The number of sulfonamides is 1. The van der Waals surface area contributed by atoms with E-state index in [4.69, 9.17) is 0 Å². The molecular weight excluding hydrogens is 428 g/mol. The molecule has 5 rings (SSSR count). The predicted molar refractivity (Wildman–Crippen MR) is 134 cm³/mol. The lowest BCUT2D eigenvalue weighted by molar-refractivity contribution is 0.0346. The maximum Gasteiger partial charge on any atom is 0.264 e. The highest BCUT2D eigenvalue weighted by atomic mass is 32.2. The van der Waals surface area contributed by atoms with Gasteiger partial charge >= 0.3 is 0 Å². The number of para-hydroxylation sites is 1. The minimum atomic E-state index is -3.63. The van der Waals surface area contributed by atoms with Gasteiger partial charge in [-0.15, -0.1) is 0 Å². The van der Waals surface area contributed by atoms with Crippen LogP contribution in [-0.4, -0.2) is 31.9 Å². The first-order valence-electron chi connectivity index (χ1n) is 11.9. The third-order valence-corrected chi connectivity index (χ3v) is 9.20. The Morgan fingerprint density at radius 1 is 0.818 bits per heavy atom. The Kier molecular flexibility index (Phi) is 6.02. The van der Waals surface area contributed by atoms with Crippen LogP contribution in [0, 0.1) is 6.92 Å². The first-order valence-corrected chi connectivity index (χ1v) is 13.4. The Balaban J connectivity index is 1.53. The molecule has 0 bridgehead atoms. The Morgan fingerprint density at radius 3 is 2.33 bits per heavy atom. The van der Waals surface area contributed by atoms with Crippen LogP contribution in [0.5, 0.6) is 0 Å². The molecule has 0 saturated carbocycles. The molecule has 3 aromatic carbocycles. The van der Waals surface area contributed by atoms with Gasteiger partial charge in [0.1, 0.15) is 0 Å². The molecule has 0 aromatic heterocycles. The molecule has 5 heteroatoms. The summed E-state index contributed by atoms with van der Waals surface area (Å²) < 4.78 is 29.2. The van der Waals surface area contributed by atoms with Crippen molar-refractivity contribution < 1.29 is 8.42 Å². The van der Waals surface area contributed by atoms with Crippen molar-refractivity contribution in [3.8, 4) is 0 Å². The molecule has 0 N–H and O–H groups in total. The van der Waals surface area contributed by atoms with Gasteiger partial charge in [0.15, 0.2) is 0 Å². The largest absolute Gasteiger partial charge is 0.293 e. The van der Waals surface area contributed by atoms with Crippen LogP contribution in [0.1, 0.15) is 42.4 Å². The number of piperidine rings is 1. The van der Waals surface area contributed by atoms with E-state index in [1.165, 1.54) is 18.4 Å². The number of hydrogen-bond acceptors (Lipinski definition) is 3. The topological polar surface area (TPSA) is 40.6 Å². The summed E-state index contributed by atoms with van der Waals surface area (Å²) in [5.41, 5.74) is 4.32. The zero-order valence-corrected chi connectivity index (χ0v) is 20.1. The average molecular weight is 461 g/mol. The highest BCUT2D eigenvalue weighted by molar-refractivity contribution is 7.92. The Morgan fingerprint density at radius 2 is 1.55 bits per heavy atom. The lowest BCUT2D eigenvalue weighted by atomic mass is 9.79. The van der Waals surface area contributed by atoms with E-state index in [1.807, 2.05) is 37.3 Å². The third kappa shape index (κ3) is 4.32. The molecule has 4 nitrogen and oxygen atoms in total. The Hall–Kier alpha value is -2.63. The van der Waals surface area contributed by atoms with Crippen molar-refractivity contribution in [3.05, 3.63) is 95.6 Å². The third-order valence-electron chi connectivity index (χ3n) is 7.38. The molecule has 0 aliphatic carbocycles. The monoisotopic (exact) mass is 460 g/mol. The van der Waals surface area contributed by atoms with Gasteiger partial charge in [-0.05, 0) is 68.5 Å². The number of nitrogens with zero attached hydrogens (tertiary/aromatic N) is 2. The van der Waals surface area contributed by atoms with Crippen molar-refractivity contribution in [1.82, 2.24) is 4.90 Å². The fraction of sp³-hybridized carbons (Fsp3) is 0.357. The molecule has 172 valence electrons. The van der Waals surface area contributed by atoms with Gasteiger partial charge in [0, 0.05) is 18.6 Å². The van der Waals surface area contributed by atoms with Gasteiger partial charge in [-0.1, -0.05) is 72.6 Å². The number of rotatable bonds is 4. The number of aryl methyl sites for hydroxylation is 1. The van der Waals surface area contributed by atoms with Crippen molar-refractivity contribution in [2.24, 2.45) is 0 Å². The Bertz CT molecular complexity index is 1210. The van der Waals surface area contributed by atoms with E-state index in [-0.39, 0.29) is 5.54 Å². The van der Waals surface area contributed by atoms with Gasteiger partial charge in [0.2, 0.25) is 0 Å². The normalized spacial score (nSPS) is 21.5. The summed E-state index contributed by atoms with van der Waals surface area (Å²) in [5.74, 6) is 0. The lowest BCUT2D eigenvalue weighted by Gasteiger charge is -2.47. The molecule has 1 unspecified atom stereocenters. The van der Waals surface area contributed by atoms with Gasteiger partial charge in [0.25, 0.3) is 10.0 Å². The maximum atomic E-state index is 13.8. The van der Waals surface area contributed by atoms with Gasteiger partial charge < -0.3 is 0 Å². The molecule has 0 radical (unpaired) electrons. The summed E-state index contributed by atoms with van der Waals surface area (Å²) >= 11 is 0. The van der Waals surface area contributed by atoms with Crippen molar-refractivity contribution in [3.63, 3.8) is 0 Å². The van der Waals surface area contributed by atoms with E-state index in [0.29, 0.717) is 11.4 Å². The minimum absolute atomic E-state index is 0.0261. The zero-order valence-electron chi connectivity index (χ0n) is 19.3. The van der Waals surface area contributed by atoms with Crippen LogP contribution >= 0.6 is 0 Å². The van der Waals surface area contributed by atoms with Gasteiger partial charge in [-0.25, -0.2) is 8.42 Å². The van der Waals surface area contributed by atoms with E-state index < -0.39 is 10.0 Å². The fourth-order valence-electron chi connectivity index (χ4n) is 5.55. The first kappa shape index (κ1) is 22.2. The number of benzene rings is 3. The molecule has 1 spiro atoms. The standard InChI is InChI=1S/C28H32N2O2S/c1-23-13-15-26(16-14-23)33(31,32)30-20-18-28(21-25-11-5-6-12-27(25)30)17-7-8-19-29(28)22-24-9-3-2-4-10-24/h2-6,9-16H,7-8,17-22H2,1H3.